The molecule has 9 heteroatoms. The van der Waals surface area contributed by atoms with Crippen molar-refractivity contribution in [2.24, 2.45) is 0 Å². The Balaban J connectivity index is 1.47. The molecule has 0 bridgehead atoms. The average Bonchev–Trinajstić information content (AvgIpc) is 2.79. The van der Waals surface area contributed by atoms with E-state index in [9.17, 15) is 8.42 Å². The van der Waals surface area contributed by atoms with Crippen LogP contribution in [0.5, 0.6) is 5.75 Å². The molecular formula is C21H29N5O3S. The Bertz CT molecular complexity index is 984. The third-order valence-corrected chi connectivity index (χ3v) is 7.60. The van der Waals surface area contributed by atoms with Crippen molar-refractivity contribution in [1.29, 1.82) is 0 Å². The first-order valence-corrected chi connectivity index (χ1v) is 11.9. The van der Waals surface area contributed by atoms with Crippen molar-refractivity contribution in [3.8, 4) is 5.75 Å². The second-order valence-corrected chi connectivity index (χ2v) is 9.72. The number of hydrogen-bond acceptors (Lipinski definition) is 7. The van der Waals surface area contributed by atoms with E-state index in [4.69, 9.17) is 9.72 Å². The van der Waals surface area contributed by atoms with E-state index >= 15 is 0 Å². The van der Waals surface area contributed by atoms with E-state index in [-0.39, 0.29) is 4.90 Å². The van der Waals surface area contributed by atoms with Crippen molar-refractivity contribution in [3.63, 3.8) is 0 Å². The summed E-state index contributed by atoms with van der Waals surface area (Å²) >= 11 is 0. The number of piperazine rings is 1. The van der Waals surface area contributed by atoms with Gasteiger partial charge in [0.25, 0.3) is 0 Å². The zero-order valence-electron chi connectivity index (χ0n) is 17.6. The number of ether oxygens (including phenoxy) is 1. The smallest absolute Gasteiger partial charge is 0.243 e. The maximum absolute atomic E-state index is 13.0. The fourth-order valence-electron chi connectivity index (χ4n) is 4.00. The van der Waals surface area contributed by atoms with Gasteiger partial charge in [-0.3, -0.25) is 0 Å². The SMILES string of the molecule is COc1cccc(S(=O)(=O)N2CCN(c3nc(C)cc(N4CCCCC4)n3)CC2)c1. The Morgan fingerprint density at radius 1 is 0.900 bits per heavy atom. The third kappa shape index (κ3) is 4.37. The fourth-order valence-corrected chi connectivity index (χ4v) is 5.46. The molecule has 0 unspecified atom stereocenters. The molecule has 0 atom stereocenters. The molecule has 2 aliphatic rings. The van der Waals surface area contributed by atoms with Crippen LogP contribution in [-0.2, 0) is 10.0 Å². The molecule has 1 aromatic carbocycles. The van der Waals surface area contributed by atoms with Gasteiger partial charge in [-0.2, -0.15) is 9.29 Å². The first kappa shape index (κ1) is 20.9. The molecule has 3 heterocycles. The lowest BCUT2D eigenvalue weighted by Gasteiger charge is -2.35. The molecule has 0 N–H and O–H groups in total. The van der Waals surface area contributed by atoms with E-state index in [1.807, 2.05) is 13.0 Å². The number of aryl methyl sites for hydroxylation is 1. The van der Waals surface area contributed by atoms with Crippen LogP contribution in [0.1, 0.15) is 25.0 Å². The summed E-state index contributed by atoms with van der Waals surface area (Å²) in [6, 6.07) is 8.66. The van der Waals surface area contributed by atoms with Crippen molar-refractivity contribution in [2.45, 2.75) is 31.1 Å². The minimum absolute atomic E-state index is 0.259. The first-order chi connectivity index (χ1) is 14.5. The molecule has 1 aromatic heterocycles. The molecule has 0 radical (unpaired) electrons. The molecule has 2 saturated heterocycles. The quantitative estimate of drug-likeness (QED) is 0.719. The third-order valence-electron chi connectivity index (χ3n) is 5.71. The summed E-state index contributed by atoms with van der Waals surface area (Å²) in [5.74, 6) is 2.20. The van der Waals surface area contributed by atoms with E-state index < -0.39 is 10.0 Å². The molecule has 0 amide bonds. The molecule has 8 nitrogen and oxygen atoms in total. The Hall–Kier alpha value is -2.39. The van der Waals surface area contributed by atoms with E-state index in [0.29, 0.717) is 37.9 Å². The van der Waals surface area contributed by atoms with E-state index in [0.717, 1.165) is 24.6 Å². The minimum atomic E-state index is -3.56. The van der Waals surface area contributed by atoms with Crippen molar-refractivity contribution < 1.29 is 13.2 Å². The number of piperidine rings is 1. The van der Waals surface area contributed by atoms with Crippen molar-refractivity contribution >= 4 is 21.8 Å². The highest BCUT2D eigenvalue weighted by Gasteiger charge is 2.30. The minimum Gasteiger partial charge on any atom is -0.497 e. The summed E-state index contributed by atoms with van der Waals surface area (Å²) in [6.07, 6.45) is 3.66. The van der Waals surface area contributed by atoms with Crippen LogP contribution in [0, 0.1) is 6.92 Å². The molecule has 162 valence electrons. The lowest BCUT2D eigenvalue weighted by Crippen LogP contribution is -2.49. The van der Waals surface area contributed by atoms with Gasteiger partial charge in [-0.05, 0) is 38.3 Å². The van der Waals surface area contributed by atoms with Gasteiger partial charge in [0, 0.05) is 57.1 Å². The summed E-state index contributed by atoms with van der Waals surface area (Å²) in [4.78, 5) is 14.1. The van der Waals surface area contributed by atoms with Gasteiger partial charge >= 0.3 is 0 Å². The molecule has 0 spiro atoms. The van der Waals surface area contributed by atoms with Gasteiger partial charge in [0.05, 0.1) is 12.0 Å². The molecule has 2 aromatic rings. The van der Waals surface area contributed by atoms with Crippen LogP contribution < -0.4 is 14.5 Å². The fraction of sp³-hybridized carbons (Fsp3) is 0.524. The van der Waals surface area contributed by atoms with Gasteiger partial charge in [-0.1, -0.05) is 6.07 Å². The molecule has 2 aliphatic heterocycles. The number of nitrogens with zero attached hydrogens (tertiary/aromatic N) is 5. The summed E-state index contributed by atoms with van der Waals surface area (Å²) in [5.41, 5.74) is 0.937. The number of methoxy groups -OCH3 is 1. The van der Waals surface area contributed by atoms with Crippen molar-refractivity contribution in [2.75, 3.05) is 56.2 Å². The molecule has 4 rings (SSSR count). The van der Waals surface area contributed by atoms with Crippen LogP contribution in [0.3, 0.4) is 0 Å². The summed E-state index contributed by atoms with van der Waals surface area (Å²) in [5, 5.41) is 0. The van der Waals surface area contributed by atoms with E-state index in [2.05, 4.69) is 14.8 Å². The summed E-state index contributed by atoms with van der Waals surface area (Å²) in [6.45, 7) is 5.97. The molecular weight excluding hydrogens is 402 g/mol. The highest BCUT2D eigenvalue weighted by molar-refractivity contribution is 7.89. The van der Waals surface area contributed by atoms with Crippen LogP contribution in [0.25, 0.3) is 0 Å². The number of anilines is 2. The van der Waals surface area contributed by atoms with Crippen LogP contribution in [0.15, 0.2) is 35.2 Å². The molecule has 0 saturated carbocycles. The highest BCUT2D eigenvalue weighted by atomic mass is 32.2. The Morgan fingerprint density at radius 3 is 2.33 bits per heavy atom. The maximum atomic E-state index is 13.0. The van der Waals surface area contributed by atoms with E-state index in [1.54, 1.807) is 24.3 Å². The van der Waals surface area contributed by atoms with Crippen molar-refractivity contribution in [1.82, 2.24) is 14.3 Å². The zero-order chi connectivity index (χ0) is 21.1. The Kier molecular flexibility index (Phi) is 6.10. The van der Waals surface area contributed by atoms with Gasteiger partial charge in [0.2, 0.25) is 16.0 Å². The Labute approximate surface area is 178 Å². The second-order valence-electron chi connectivity index (χ2n) is 7.79. The number of rotatable bonds is 5. The predicted octanol–water partition coefficient (Wildman–Crippen LogP) is 2.29. The van der Waals surface area contributed by atoms with Crippen molar-refractivity contribution in [3.05, 3.63) is 36.0 Å². The number of aromatic nitrogens is 2. The monoisotopic (exact) mass is 431 g/mol. The van der Waals surface area contributed by atoms with Crippen LogP contribution >= 0.6 is 0 Å². The summed E-state index contributed by atoms with van der Waals surface area (Å²) in [7, 11) is -2.02. The lowest BCUT2D eigenvalue weighted by atomic mass is 10.1. The summed E-state index contributed by atoms with van der Waals surface area (Å²) < 4.78 is 32.8. The first-order valence-electron chi connectivity index (χ1n) is 10.5. The van der Waals surface area contributed by atoms with Gasteiger partial charge in [0.15, 0.2) is 0 Å². The van der Waals surface area contributed by atoms with Gasteiger partial charge < -0.3 is 14.5 Å². The maximum Gasteiger partial charge on any atom is 0.243 e. The molecule has 30 heavy (non-hydrogen) atoms. The number of hydrogen-bond donors (Lipinski definition) is 0. The predicted molar refractivity (Wildman–Crippen MR) is 117 cm³/mol. The van der Waals surface area contributed by atoms with Crippen LogP contribution in [0.4, 0.5) is 11.8 Å². The average molecular weight is 432 g/mol. The highest BCUT2D eigenvalue weighted by Crippen LogP contribution is 2.25. The standard InChI is InChI=1S/C21H29N5O3S/c1-17-15-20(24-9-4-3-5-10-24)23-21(22-17)25-11-13-26(14-12-25)30(27,28)19-8-6-7-18(16-19)29-2/h6-8,15-16H,3-5,9-14H2,1-2H3. The van der Waals surface area contributed by atoms with Gasteiger partial charge in [-0.25, -0.2) is 13.4 Å². The molecule has 0 aliphatic carbocycles. The number of benzene rings is 1. The number of sulfonamides is 1. The topological polar surface area (TPSA) is 78.9 Å². The largest absolute Gasteiger partial charge is 0.497 e. The second kappa shape index (κ2) is 8.77. The van der Waals surface area contributed by atoms with Crippen LogP contribution in [0.2, 0.25) is 0 Å². The van der Waals surface area contributed by atoms with Gasteiger partial charge in [0.1, 0.15) is 11.6 Å². The molecule has 2 fully saturated rings. The lowest BCUT2D eigenvalue weighted by molar-refractivity contribution is 0.381. The normalized spacial score (nSPS) is 18.5. The van der Waals surface area contributed by atoms with Gasteiger partial charge in [-0.15, -0.1) is 0 Å². The van der Waals surface area contributed by atoms with Crippen LogP contribution in [-0.4, -0.2) is 69.1 Å². The Morgan fingerprint density at radius 2 is 1.63 bits per heavy atom. The zero-order valence-corrected chi connectivity index (χ0v) is 18.4. The van der Waals surface area contributed by atoms with E-state index in [1.165, 1.54) is 30.7 Å².